The van der Waals surface area contributed by atoms with Crippen molar-refractivity contribution in [3.8, 4) is 5.75 Å². The molecule has 102 valence electrons. The summed E-state index contributed by atoms with van der Waals surface area (Å²) in [5.41, 5.74) is 4.56. The third kappa shape index (κ3) is 3.83. The Balaban J connectivity index is 1.72. The normalized spacial score (nSPS) is 10.8. The highest BCUT2D eigenvalue weighted by molar-refractivity contribution is 5.35. The minimum Gasteiger partial charge on any atom is -0.508 e. The van der Waals surface area contributed by atoms with Crippen molar-refractivity contribution in [2.45, 2.75) is 33.2 Å². The van der Waals surface area contributed by atoms with Crippen molar-refractivity contribution >= 4 is 0 Å². The molecule has 0 saturated heterocycles. The number of aryl methyl sites for hydroxylation is 3. The molecule has 0 atom stereocenters. The van der Waals surface area contributed by atoms with Crippen molar-refractivity contribution in [1.82, 2.24) is 15.5 Å². The molecule has 0 spiro atoms. The van der Waals surface area contributed by atoms with Crippen LogP contribution in [0.25, 0.3) is 0 Å². The predicted octanol–water partition coefficient (Wildman–Crippen LogP) is 2.45. The van der Waals surface area contributed by atoms with Gasteiger partial charge in [-0.1, -0.05) is 17.7 Å². The van der Waals surface area contributed by atoms with Gasteiger partial charge in [0.15, 0.2) is 0 Å². The van der Waals surface area contributed by atoms with Gasteiger partial charge in [0, 0.05) is 17.8 Å². The van der Waals surface area contributed by atoms with Crippen LogP contribution in [0.4, 0.5) is 0 Å². The predicted molar refractivity (Wildman–Crippen MR) is 76.2 cm³/mol. The van der Waals surface area contributed by atoms with Gasteiger partial charge in [-0.3, -0.25) is 5.10 Å². The van der Waals surface area contributed by atoms with E-state index in [9.17, 15) is 5.11 Å². The molecular formula is C15H21N3O. The molecule has 0 aliphatic heterocycles. The maximum Gasteiger partial charge on any atom is 0.120 e. The zero-order valence-corrected chi connectivity index (χ0v) is 11.5. The van der Waals surface area contributed by atoms with Crippen LogP contribution in [0.5, 0.6) is 5.75 Å². The van der Waals surface area contributed by atoms with Gasteiger partial charge in [-0.15, -0.1) is 0 Å². The summed E-state index contributed by atoms with van der Waals surface area (Å²) in [4.78, 5) is 0. The fraction of sp³-hybridized carbons (Fsp3) is 0.400. The molecule has 0 amide bonds. The van der Waals surface area contributed by atoms with Gasteiger partial charge < -0.3 is 10.4 Å². The number of hydrogen-bond acceptors (Lipinski definition) is 3. The van der Waals surface area contributed by atoms with E-state index in [1.165, 1.54) is 11.1 Å². The molecule has 0 unspecified atom stereocenters. The van der Waals surface area contributed by atoms with Crippen LogP contribution in [-0.4, -0.2) is 21.8 Å². The number of hydrogen-bond donors (Lipinski definition) is 3. The molecule has 0 aliphatic carbocycles. The average molecular weight is 259 g/mol. The Hall–Kier alpha value is -1.81. The molecule has 0 saturated carbocycles. The van der Waals surface area contributed by atoms with Crippen LogP contribution in [0, 0.1) is 13.8 Å². The van der Waals surface area contributed by atoms with Crippen LogP contribution in [-0.2, 0) is 13.0 Å². The Morgan fingerprint density at radius 2 is 2.11 bits per heavy atom. The Morgan fingerprint density at radius 1 is 1.26 bits per heavy atom. The minimum absolute atomic E-state index is 0.365. The molecule has 0 radical (unpaired) electrons. The first-order valence-electron chi connectivity index (χ1n) is 6.65. The van der Waals surface area contributed by atoms with E-state index in [-0.39, 0.29) is 0 Å². The lowest BCUT2D eigenvalue weighted by atomic mass is 10.1. The lowest BCUT2D eigenvalue weighted by molar-refractivity contribution is 0.464. The lowest BCUT2D eigenvalue weighted by Gasteiger charge is -2.07. The van der Waals surface area contributed by atoms with Gasteiger partial charge in [-0.25, -0.2) is 0 Å². The maximum absolute atomic E-state index is 9.73. The second-order valence-corrected chi connectivity index (χ2v) is 4.93. The number of benzene rings is 1. The number of rotatable bonds is 6. The summed E-state index contributed by atoms with van der Waals surface area (Å²) in [7, 11) is 0. The standard InChI is InChI=1S/C15H21N3O/c1-11-5-6-15(19)14(8-11)9-16-7-3-4-13-10-17-18-12(13)2/h5-6,8,10,16,19H,3-4,7,9H2,1-2H3,(H,17,18). The second kappa shape index (κ2) is 6.38. The van der Waals surface area contributed by atoms with Crippen LogP contribution >= 0.6 is 0 Å². The second-order valence-electron chi connectivity index (χ2n) is 4.93. The van der Waals surface area contributed by atoms with Gasteiger partial charge >= 0.3 is 0 Å². The van der Waals surface area contributed by atoms with E-state index in [2.05, 4.69) is 15.5 Å². The first-order chi connectivity index (χ1) is 9.16. The van der Waals surface area contributed by atoms with E-state index in [0.717, 1.165) is 30.6 Å². The van der Waals surface area contributed by atoms with Crippen molar-refractivity contribution in [2.24, 2.45) is 0 Å². The van der Waals surface area contributed by atoms with E-state index in [0.29, 0.717) is 12.3 Å². The van der Waals surface area contributed by atoms with Crippen LogP contribution in [0.2, 0.25) is 0 Å². The smallest absolute Gasteiger partial charge is 0.120 e. The van der Waals surface area contributed by atoms with Gasteiger partial charge in [-0.05, 0) is 44.9 Å². The van der Waals surface area contributed by atoms with E-state index >= 15 is 0 Å². The van der Waals surface area contributed by atoms with Crippen molar-refractivity contribution in [3.63, 3.8) is 0 Å². The van der Waals surface area contributed by atoms with Gasteiger partial charge in [0.2, 0.25) is 0 Å². The molecule has 19 heavy (non-hydrogen) atoms. The first kappa shape index (κ1) is 13.6. The molecule has 0 fully saturated rings. The van der Waals surface area contributed by atoms with Crippen molar-refractivity contribution in [2.75, 3.05) is 6.54 Å². The van der Waals surface area contributed by atoms with Crippen LogP contribution in [0.15, 0.2) is 24.4 Å². The highest BCUT2D eigenvalue weighted by atomic mass is 16.3. The Kier molecular flexibility index (Phi) is 4.58. The highest BCUT2D eigenvalue weighted by Gasteiger charge is 2.02. The molecule has 3 N–H and O–H groups in total. The van der Waals surface area contributed by atoms with Crippen LogP contribution in [0.3, 0.4) is 0 Å². The third-order valence-electron chi connectivity index (χ3n) is 3.28. The molecule has 1 aromatic heterocycles. The zero-order chi connectivity index (χ0) is 13.7. The number of aromatic nitrogens is 2. The number of nitrogens with zero attached hydrogens (tertiary/aromatic N) is 1. The molecule has 4 heteroatoms. The number of nitrogens with one attached hydrogen (secondary N) is 2. The molecule has 1 heterocycles. The quantitative estimate of drug-likeness (QED) is 0.698. The van der Waals surface area contributed by atoms with Gasteiger partial charge in [0.25, 0.3) is 0 Å². The van der Waals surface area contributed by atoms with Gasteiger partial charge in [0.1, 0.15) is 5.75 Å². The fourth-order valence-electron chi connectivity index (χ4n) is 2.11. The summed E-state index contributed by atoms with van der Waals surface area (Å²) in [5, 5.41) is 20.0. The summed E-state index contributed by atoms with van der Waals surface area (Å²) < 4.78 is 0. The van der Waals surface area contributed by atoms with E-state index < -0.39 is 0 Å². The zero-order valence-electron chi connectivity index (χ0n) is 11.5. The van der Waals surface area contributed by atoms with E-state index in [1.807, 2.05) is 32.2 Å². The van der Waals surface area contributed by atoms with Crippen molar-refractivity contribution in [1.29, 1.82) is 0 Å². The van der Waals surface area contributed by atoms with Crippen LogP contribution < -0.4 is 5.32 Å². The molecule has 2 aromatic rings. The summed E-state index contributed by atoms with van der Waals surface area (Å²) in [6.45, 7) is 5.71. The average Bonchev–Trinajstić information content (AvgIpc) is 2.79. The molecule has 4 nitrogen and oxygen atoms in total. The first-order valence-corrected chi connectivity index (χ1v) is 6.65. The number of phenolic OH excluding ortho intramolecular Hbond substituents is 1. The summed E-state index contributed by atoms with van der Waals surface area (Å²) >= 11 is 0. The van der Waals surface area contributed by atoms with Crippen molar-refractivity contribution < 1.29 is 5.11 Å². The minimum atomic E-state index is 0.365. The summed E-state index contributed by atoms with van der Waals surface area (Å²) in [6, 6.07) is 5.68. The van der Waals surface area contributed by atoms with E-state index in [4.69, 9.17) is 0 Å². The SMILES string of the molecule is Cc1ccc(O)c(CNCCCc2cn[nH]c2C)c1. The van der Waals surface area contributed by atoms with Crippen LogP contribution in [0.1, 0.15) is 28.8 Å². The third-order valence-corrected chi connectivity index (χ3v) is 3.28. The van der Waals surface area contributed by atoms with Gasteiger partial charge in [-0.2, -0.15) is 5.10 Å². The molecular weight excluding hydrogens is 238 g/mol. The summed E-state index contributed by atoms with van der Waals surface area (Å²) in [6.07, 6.45) is 3.98. The topological polar surface area (TPSA) is 60.9 Å². The summed E-state index contributed by atoms with van der Waals surface area (Å²) in [5.74, 6) is 0.365. The highest BCUT2D eigenvalue weighted by Crippen LogP contribution is 2.17. The lowest BCUT2D eigenvalue weighted by Crippen LogP contribution is -2.15. The Morgan fingerprint density at radius 3 is 2.84 bits per heavy atom. The maximum atomic E-state index is 9.73. The van der Waals surface area contributed by atoms with E-state index in [1.54, 1.807) is 6.07 Å². The number of aromatic amines is 1. The monoisotopic (exact) mass is 259 g/mol. The molecule has 2 rings (SSSR count). The number of phenols is 1. The van der Waals surface area contributed by atoms with Crippen molar-refractivity contribution in [3.05, 3.63) is 46.8 Å². The fourth-order valence-corrected chi connectivity index (χ4v) is 2.11. The number of aromatic hydroxyl groups is 1. The largest absolute Gasteiger partial charge is 0.508 e. The molecule has 0 bridgehead atoms. The Labute approximate surface area is 113 Å². The molecule has 1 aromatic carbocycles. The molecule has 0 aliphatic rings. The van der Waals surface area contributed by atoms with Gasteiger partial charge in [0.05, 0.1) is 6.20 Å². The number of H-pyrrole nitrogens is 1. The Bertz CT molecular complexity index is 534.